The van der Waals surface area contributed by atoms with E-state index in [-0.39, 0.29) is 0 Å². The lowest BCUT2D eigenvalue weighted by molar-refractivity contribution is -0.139. The fourth-order valence-corrected chi connectivity index (χ4v) is 0.528. The summed E-state index contributed by atoms with van der Waals surface area (Å²) in [4.78, 5) is 24.3. The quantitative estimate of drug-likeness (QED) is 0.201. The highest BCUT2D eigenvalue weighted by molar-refractivity contribution is 5.87. The highest BCUT2D eigenvalue weighted by Gasteiger charge is 2.06. The molecule has 0 unspecified atom stereocenters. The number of carbonyl (C=O) groups excluding carboxylic acids is 2. The summed E-state index contributed by atoms with van der Waals surface area (Å²) in [5.41, 5.74) is 0.312. The van der Waals surface area contributed by atoms with Crippen molar-refractivity contribution in [1.29, 1.82) is 0 Å². The van der Waals surface area contributed by atoms with Crippen LogP contribution in [0.25, 0.3) is 0 Å². The predicted octanol–water partition coefficient (Wildman–Crippen LogP) is 1.14. The summed E-state index contributed by atoms with van der Waals surface area (Å²) in [5, 5.41) is 2.66. The Morgan fingerprint density at radius 1 is 1.73 bits per heavy atom. The lowest BCUT2D eigenvalue weighted by Gasteiger charge is -1.96. The van der Waals surface area contributed by atoms with E-state index >= 15 is 0 Å². The Bertz CT molecular complexity index is 204. The molecule has 0 N–H and O–H groups in total. The Hall–Kier alpha value is -1.41. The van der Waals surface area contributed by atoms with E-state index in [1.54, 1.807) is 0 Å². The number of nitrogens with zero attached hydrogens (tertiary/aromatic N) is 1. The van der Waals surface area contributed by atoms with Gasteiger partial charge >= 0.3 is 5.97 Å². The summed E-state index contributed by atoms with van der Waals surface area (Å²) in [7, 11) is 0. The number of hydrogen-bond acceptors (Lipinski definition) is 4. The predicted molar refractivity (Wildman–Crippen MR) is 38.3 cm³/mol. The van der Waals surface area contributed by atoms with Crippen molar-refractivity contribution in [1.82, 2.24) is 0 Å². The van der Waals surface area contributed by atoms with Gasteiger partial charge in [0.1, 0.15) is 0 Å². The van der Waals surface area contributed by atoms with Crippen LogP contribution >= 0.6 is 0 Å². The van der Waals surface area contributed by atoms with Gasteiger partial charge < -0.3 is 4.84 Å². The first-order chi connectivity index (χ1) is 5.22. The second kappa shape index (κ2) is 5.38. The van der Waals surface area contributed by atoms with E-state index in [9.17, 15) is 9.59 Å². The normalized spacial score (nSPS) is 8.09. The fraction of sp³-hybridized carbons (Fsp3) is 0.429. The average Bonchev–Trinajstić information content (AvgIpc) is 2.00. The highest BCUT2D eigenvalue weighted by Crippen LogP contribution is 2.03. The summed E-state index contributed by atoms with van der Waals surface area (Å²) >= 11 is 0. The van der Waals surface area contributed by atoms with Crippen molar-refractivity contribution in [2.75, 3.05) is 0 Å². The molecule has 4 heteroatoms. The monoisotopic (exact) mass is 155 g/mol. The van der Waals surface area contributed by atoms with E-state index in [1.807, 2.05) is 6.92 Å². The lowest BCUT2D eigenvalue weighted by Crippen LogP contribution is -2.02. The Morgan fingerprint density at radius 3 is 2.82 bits per heavy atom. The maximum absolute atomic E-state index is 10.7. The van der Waals surface area contributed by atoms with Crippen molar-refractivity contribution < 1.29 is 14.4 Å². The highest BCUT2D eigenvalue weighted by atomic mass is 16.7. The lowest BCUT2D eigenvalue weighted by atomic mass is 10.2. The van der Waals surface area contributed by atoms with Gasteiger partial charge in [-0.05, 0) is 6.42 Å². The van der Waals surface area contributed by atoms with Gasteiger partial charge in [-0.1, -0.05) is 19.9 Å². The van der Waals surface area contributed by atoms with Crippen LogP contribution < -0.4 is 0 Å². The molecule has 0 aliphatic carbocycles. The molecular formula is C7H9NO3. The van der Waals surface area contributed by atoms with Crippen molar-refractivity contribution in [2.45, 2.75) is 19.8 Å². The molecule has 0 atom stereocenters. The topological polar surface area (TPSA) is 55.7 Å². The number of rotatable bonds is 4. The van der Waals surface area contributed by atoms with Crippen molar-refractivity contribution in [3.8, 4) is 0 Å². The summed E-state index contributed by atoms with van der Waals surface area (Å²) in [5.74, 6) is -0.671. The van der Waals surface area contributed by atoms with Crippen LogP contribution in [0.3, 0.4) is 0 Å². The smallest absolute Gasteiger partial charge is 0.302 e. The molecule has 0 saturated carbocycles. The van der Waals surface area contributed by atoms with Crippen molar-refractivity contribution in [2.24, 2.45) is 5.16 Å². The summed E-state index contributed by atoms with van der Waals surface area (Å²) in [6, 6.07) is 0. The second-order valence-corrected chi connectivity index (χ2v) is 1.91. The molecule has 0 rings (SSSR count). The third kappa shape index (κ3) is 4.06. The van der Waals surface area contributed by atoms with Crippen LogP contribution in [0, 0.1) is 0 Å². The van der Waals surface area contributed by atoms with Crippen LogP contribution in [0.1, 0.15) is 19.8 Å². The molecule has 0 aliphatic rings. The third-order valence-electron chi connectivity index (χ3n) is 1.01. The van der Waals surface area contributed by atoms with E-state index in [4.69, 9.17) is 0 Å². The van der Waals surface area contributed by atoms with Crippen LogP contribution in [0.2, 0.25) is 0 Å². The zero-order chi connectivity index (χ0) is 8.69. The summed E-state index contributed by atoms with van der Waals surface area (Å²) < 4.78 is 0. The van der Waals surface area contributed by atoms with Gasteiger partial charge in [0.05, 0.1) is 0 Å². The molecule has 60 valence electrons. The minimum Gasteiger partial charge on any atom is -0.302 e. The minimum absolute atomic E-state index is 0.312. The van der Waals surface area contributed by atoms with Crippen LogP contribution in [-0.2, 0) is 14.4 Å². The van der Waals surface area contributed by atoms with Gasteiger partial charge in [-0.3, -0.25) is 0 Å². The molecule has 4 nitrogen and oxygen atoms in total. The van der Waals surface area contributed by atoms with E-state index in [0.717, 1.165) is 12.5 Å². The van der Waals surface area contributed by atoms with Crippen molar-refractivity contribution in [3.63, 3.8) is 0 Å². The molecule has 11 heavy (non-hydrogen) atoms. The fourth-order valence-electron chi connectivity index (χ4n) is 0.528. The maximum Gasteiger partial charge on any atom is 0.362 e. The SMILES string of the molecule is C=C(CCC)C(=O)ON=C=O. The zero-order valence-electron chi connectivity index (χ0n) is 6.29. The van der Waals surface area contributed by atoms with E-state index in [2.05, 4.69) is 16.6 Å². The van der Waals surface area contributed by atoms with Crippen LogP contribution in [-0.4, -0.2) is 12.0 Å². The Balaban J connectivity index is 3.83. The van der Waals surface area contributed by atoms with Gasteiger partial charge in [-0.15, -0.1) is 0 Å². The van der Waals surface area contributed by atoms with Gasteiger partial charge in [0.2, 0.25) is 0 Å². The summed E-state index contributed by atoms with van der Waals surface area (Å²) in [6.45, 7) is 5.34. The van der Waals surface area contributed by atoms with Crippen LogP contribution in [0.15, 0.2) is 17.3 Å². The molecular weight excluding hydrogens is 146 g/mol. The maximum atomic E-state index is 10.7. The number of carbonyl (C=O) groups is 1. The standard InChI is InChI=1S/C7H9NO3/c1-3-4-6(2)7(10)11-8-5-9/h2-4H2,1H3. The Kier molecular flexibility index (Phi) is 4.69. The van der Waals surface area contributed by atoms with Crippen molar-refractivity contribution >= 4 is 12.0 Å². The minimum atomic E-state index is -0.671. The number of isocyanates is 1. The molecule has 0 spiro atoms. The molecule has 0 saturated heterocycles. The summed E-state index contributed by atoms with van der Waals surface area (Å²) in [6.07, 6.45) is 2.44. The first-order valence-electron chi connectivity index (χ1n) is 3.18. The molecule has 0 bridgehead atoms. The van der Waals surface area contributed by atoms with Gasteiger partial charge in [-0.2, -0.15) is 0 Å². The first-order valence-corrected chi connectivity index (χ1v) is 3.18. The van der Waals surface area contributed by atoms with Gasteiger partial charge in [0.15, 0.2) is 0 Å². The van der Waals surface area contributed by atoms with Gasteiger partial charge in [0, 0.05) is 10.7 Å². The Morgan fingerprint density at radius 2 is 2.36 bits per heavy atom. The number of hydrogen-bond donors (Lipinski definition) is 0. The van der Waals surface area contributed by atoms with Gasteiger partial charge in [-0.25, -0.2) is 9.59 Å². The molecule has 0 amide bonds. The van der Waals surface area contributed by atoms with E-state index in [1.165, 1.54) is 0 Å². The van der Waals surface area contributed by atoms with Crippen molar-refractivity contribution in [3.05, 3.63) is 12.2 Å². The Labute approximate surface area is 64.5 Å². The first kappa shape index (κ1) is 9.59. The largest absolute Gasteiger partial charge is 0.362 e. The molecule has 0 aromatic carbocycles. The molecule has 0 aromatic heterocycles. The van der Waals surface area contributed by atoms with Gasteiger partial charge in [0.25, 0.3) is 6.08 Å². The van der Waals surface area contributed by atoms with E-state index < -0.39 is 5.97 Å². The molecule has 0 radical (unpaired) electrons. The molecule has 0 aromatic rings. The molecule has 0 aliphatic heterocycles. The molecule has 0 heterocycles. The van der Waals surface area contributed by atoms with E-state index in [0.29, 0.717) is 12.0 Å². The second-order valence-electron chi connectivity index (χ2n) is 1.91. The van der Waals surface area contributed by atoms with Crippen LogP contribution in [0.4, 0.5) is 0 Å². The average molecular weight is 155 g/mol. The molecule has 0 fully saturated rings. The zero-order valence-corrected chi connectivity index (χ0v) is 6.29. The van der Waals surface area contributed by atoms with Crippen LogP contribution in [0.5, 0.6) is 0 Å². The third-order valence-corrected chi connectivity index (χ3v) is 1.01.